The number of hydrogen-bond acceptors (Lipinski definition) is 7. The van der Waals surface area contributed by atoms with Gasteiger partial charge in [0.2, 0.25) is 0 Å². The summed E-state index contributed by atoms with van der Waals surface area (Å²) in [5, 5.41) is 0. The van der Waals surface area contributed by atoms with Crippen LogP contribution >= 0.6 is 11.8 Å². The van der Waals surface area contributed by atoms with E-state index >= 15 is 0 Å². The number of carbonyl (C=O) groups excluding carboxylic acids is 2. The van der Waals surface area contributed by atoms with Gasteiger partial charge in [0.25, 0.3) is 0 Å². The van der Waals surface area contributed by atoms with Crippen LogP contribution in [0.1, 0.15) is 47.8 Å². The van der Waals surface area contributed by atoms with Gasteiger partial charge in [0.1, 0.15) is 5.75 Å². The molecule has 0 amide bonds. The lowest BCUT2D eigenvalue weighted by molar-refractivity contribution is -0.139. The van der Waals surface area contributed by atoms with Gasteiger partial charge in [-0.3, -0.25) is 9.59 Å². The second-order valence-electron chi connectivity index (χ2n) is 8.99. The molecular formula is C25H30F3NO5S. The van der Waals surface area contributed by atoms with Crippen molar-refractivity contribution < 1.29 is 37.0 Å². The lowest BCUT2D eigenvalue weighted by atomic mass is 9.83. The molecule has 2 N–H and O–H groups in total. The Morgan fingerprint density at radius 2 is 1.69 bits per heavy atom. The molecule has 0 spiro atoms. The number of esters is 1. The number of anilines is 1. The standard InChI is InChI=1S/C25H30F3NO5S/c1-14-9-18(34-19-10-15(11-20(30)33-6)7-8-17(19)32-5)16(12-35-13-25(26,27)28)22(29)21(14)23(31)24(2,3)4/h7-10H,11-13,29H2,1-6H3. The fourth-order valence-electron chi connectivity index (χ4n) is 3.31. The van der Waals surface area contributed by atoms with E-state index in [1.165, 1.54) is 14.2 Å². The molecule has 0 atom stereocenters. The van der Waals surface area contributed by atoms with Gasteiger partial charge in [0.15, 0.2) is 17.3 Å². The Balaban J connectivity index is 2.59. The number of hydrogen-bond donors (Lipinski definition) is 1. The molecule has 0 aromatic heterocycles. The van der Waals surface area contributed by atoms with E-state index < -0.39 is 23.3 Å². The molecule has 0 unspecified atom stereocenters. The number of methoxy groups -OCH3 is 2. The summed E-state index contributed by atoms with van der Waals surface area (Å²) in [6, 6.07) is 6.46. The topological polar surface area (TPSA) is 87.9 Å². The minimum absolute atomic E-state index is 0.00860. The number of benzene rings is 2. The van der Waals surface area contributed by atoms with Crippen LogP contribution in [0.5, 0.6) is 17.2 Å². The quantitative estimate of drug-likeness (QED) is 0.246. The maximum atomic E-state index is 13.1. The van der Waals surface area contributed by atoms with Crippen LogP contribution in [-0.2, 0) is 21.7 Å². The van der Waals surface area contributed by atoms with Crippen molar-refractivity contribution >= 4 is 29.2 Å². The third-order valence-electron chi connectivity index (χ3n) is 5.08. The molecule has 6 nitrogen and oxygen atoms in total. The van der Waals surface area contributed by atoms with Crippen molar-refractivity contribution in [3.05, 3.63) is 46.5 Å². The van der Waals surface area contributed by atoms with Gasteiger partial charge < -0.3 is 19.9 Å². The summed E-state index contributed by atoms with van der Waals surface area (Å²) in [6.07, 6.45) is -4.37. The Hall–Kier alpha value is -2.88. The normalized spacial score (nSPS) is 11.8. The highest BCUT2D eigenvalue weighted by molar-refractivity contribution is 7.98. The molecule has 0 heterocycles. The maximum Gasteiger partial charge on any atom is 0.397 e. The van der Waals surface area contributed by atoms with E-state index in [9.17, 15) is 22.8 Å². The van der Waals surface area contributed by atoms with Crippen LogP contribution in [0.4, 0.5) is 18.9 Å². The van der Waals surface area contributed by atoms with Crippen molar-refractivity contribution in [3.63, 3.8) is 0 Å². The minimum Gasteiger partial charge on any atom is -0.493 e. The molecule has 0 fully saturated rings. The maximum absolute atomic E-state index is 13.1. The average Bonchev–Trinajstić information content (AvgIpc) is 2.74. The smallest absolute Gasteiger partial charge is 0.397 e. The predicted octanol–water partition coefficient (Wildman–Crippen LogP) is 6.12. The Kier molecular flexibility index (Phi) is 9.11. The van der Waals surface area contributed by atoms with E-state index in [4.69, 9.17) is 19.9 Å². The monoisotopic (exact) mass is 513 g/mol. The number of thioether (sulfide) groups is 1. The Bertz CT molecular complexity index is 1090. The zero-order chi connectivity index (χ0) is 26.6. The number of ketones is 1. The molecule has 0 aliphatic carbocycles. The molecule has 10 heteroatoms. The number of aryl methyl sites for hydroxylation is 1. The van der Waals surface area contributed by atoms with Gasteiger partial charge in [0.05, 0.1) is 32.1 Å². The first-order chi connectivity index (χ1) is 16.2. The number of halogens is 3. The summed E-state index contributed by atoms with van der Waals surface area (Å²) in [6.45, 7) is 6.93. The summed E-state index contributed by atoms with van der Waals surface area (Å²) in [5.41, 5.74) is 7.38. The van der Waals surface area contributed by atoms with Crippen molar-refractivity contribution in [1.29, 1.82) is 0 Å². The summed E-state index contributed by atoms with van der Waals surface area (Å²) in [4.78, 5) is 24.8. The third-order valence-corrected chi connectivity index (χ3v) is 6.10. The van der Waals surface area contributed by atoms with Crippen molar-refractivity contribution in [2.75, 3.05) is 25.7 Å². The number of nitrogens with two attached hydrogens (primary N) is 1. The molecule has 2 aromatic carbocycles. The largest absolute Gasteiger partial charge is 0.493 e. The van der Waals surface area contributed by atoms with E-state index in [1.54, 1.807) is 52.0 Å². The van der Waals surface area contributed by atoms with Crippen molar-refractivity contribution in [2.45, 2.75) is 46.0 Å². The zero-order valence-corrected chi connectivity index (χ0v) is 21.4. The van der Waals surface area contributed by atoms with E-state index in [-0.39, 0.29) is 46.3 Å². The third kappa shape index (κ3) is 7.55. The van der Waals surface area contributed by atoms with Gasteiger partial charge in [-0.2, -0.15) is 13.2 Å². The van der Waals surface area contributed by atoms with Crippen LogP contribution in [0.3, 0.4) is 0 Å². The van der Waals surface area contributed by atoms with Gasteiger partial charge in [-0.25, -0.2) is 0 Å². The fourth-order valence-corrected chi connectivity index (χ4v) is 4.14. The van der Waals surface area contributed by atoms with Gasteiger partial charge in [-0.15, -0.1) is 11.8 Å². The van der Waals surface area contributed by atoms with Crippen LogP contribution in [0.15, 0.2) is 24.3 Å². The van der Waals surface area contributed by atoms with E-state index in [0.29, 0.717) is 28.6 Å². The molecular weight excluding hydrogens is 483 g/mol. The van der Waals surface area contributed by atoms with Gasteiger partial charge in [-0.1, -0.05) is 26.8 Å². The van der Waals surface area contributed by atoms with Crippen molar-refractivity contribution in [2.24, 2.45) is 5.41 Å². The predicted molar refractivity (Wildman–Crippen MR) is 130 cm³/mol. The van der Waals surface area contributed by atoms with E-state index in [1.807, 2.05) is 0 Å². The van der Waals surface area contributed by atoms with Crippen LogP contribution in [-0.4, -0.2) is 37.9 Å². The summed E-state index contributed by atoms with van der Waals surface area (Å²) >= 11 is 0.622. The molecule has 192 valence electrons. The number of Topliss-reactive ketones (excluding diaryl/α,β-unsaturated/α-hetero) is 1. The Morgan fingerprint density at radius 1 is 1.03 bits per heavy atom. The number of rotatable bonds is 9. The zero-order valence-electron chi connectivity index (χ0n) is 20.6. The molecule has 0 aliphatic heterocycles. The second-order valence-corrected chi connectivity index (χ2v) is 9.97. The summed E-state index contributed by atoms with van der Waals surface area (Å²) in [7, 11) is 2.72. The minimum atomic E-state index is -4.36. The first-order valence-electron chi connectivity index (χ1n) is 10.7. The first kappa shape index (κ1) is 28.4. The lowest BCUT2D eigenvalue weighted by Gasteiger charge is -2.23. The molecule has 0 saturated heterocycles. The summed E-state index contributed by atoms with van der Waals surface area (Å²) in [5.74, 6) is -1.10. The number of carbonyl (C=O) groups is 2. The second kappa shape index (κ2) is 11.2. The molecule has 0 saturated carbocycles. The van der Waals surface area contributed by atoms with E-state index in [0.717, 1.165) is 0 Å². The van der Waals surface area contributed by atoms with Crippen molar-refractivity contribution in [3.8, 4) is 17.2 Å². The Morgan fingerprint density at radius 3 is 2.23 bits per heavy atom. The SMILES string of the molecule is COC(=O)Cc1ccc(OC)c(Oc2cc(C)c(C(=O)C(C)(C)C)c(N)c2CSCC(F)(F)F)c1. The van der Waals surface area contributed by atoms with Gasteiger partial charge in [0, 0.05) is 22.3 Å². The van der Waals surface area contributed by atoms with Crippen LogP contribution in [0.25, 0.3) is 0 Å². The molecule has 0 radical (unpaired) electrons. The van der Waals surface area contributed by atoms with Crippen molar-refractivity contribution in [1.82, 2.24) is 0 Å². The fraction of sp³-hybridized carbons (Fsp3) is 0.440. The highest BCUT2D eigenvalue weighted by atomic mass is 32.2. The van der Waals surface area contributed by atoms with Crippen LogP contribution in [0, 0.1) is 12.3 Å². The molecule has 0 aliphatic rings. The number of alkyl halides is 3. The average molecular weight is 514 g/mol. The first-order valence-corrected chi connectivity index (χ1v) is 11.9. The van der Waals surface area contributed by atoms with Gasteiger partial charge in [-0.05, 0) is 36.2 Å². The molecule has 0 bridgehead atoms. The molecule has 2 rings (SSSR count). The van der Waals surface area contributed by atoms with Crippen LogP contribution < -0.4 is 15.2 Å². The number of nitrogen functional groups attached to an aromatic ring is 1. The highest BCUT2D eigenvalue weighted by Crippen LogP contribution is 2.41. The number of ether oxygens (including phenoxy) is 3. The summed E-state index contributed by atoms with van der Waals surface area (Å²) < 4.78 is 54.6. The molecule has 2 aromatic rings. The van der Waals surface area contributed by atoms with E-state index in [2.05, 4.69) is 0 Å². The highest BCUT2D eigenvalue weighted by Gasteiger charge is 2.31. The van der Waals surface area contributed by atoms with Gasteiger partial charge >= 0.3 is 12.1 Å². The van der Waals surface area contributed by atoms with Crippen LogP contribution in [0.2, 0.25) is 0 Å². The lowest BCUT2D eigenvalue weighted by Crippen LogP contribution is -2.23. The molecule has 35 heavy (non-hydrogen) atoms. The Labute approximate surface area is 207 Å².